The van der Waals surface area contributed by atoms with Crippen LogP contribution < -0.4 is 0 Å². The fraction of sp³-hybridized carbons (Fsp3) is 0.933. The third kappa shape index (κ3) is 27.3. The molecule has 0 aliphatic rings. The molecular formula is C30H58O3. The Kier molecular flexibility index (Phi) is 25.1. The highest BCUT2D eigenvalue weighted by molar-refractivity contribution is 5.85. The Morgan fingerprint density at radius 3 is 1.12 bits per heavy atom. The molecule has 0 heterocycles. The molecule has 0 aromatic heterocycles. The smallest absolute Gasteiger partial charge is 0.313 e. The summed E-state index contributed by atoms with van der Waals surface area (Å²) in [4.78, 5) is 23.6. The van der Waals surface area contributed by atoms with Crippen molar-refractivity contribution in [2.24, 2.45) is 5.92 Å². The molecule has 0 fully saturated rings. The highest BCUT2D eigenvalue weighted by atomic mass is 16.6. The van der Waals surface area contributed by atoms with Gasteiger partial charge in [-0.25, -0.2) is 0 Å². The minimum absolute atomic E-state index is 0.329. The summed E-state index contributed by atoms with van der Waals surface area (Å²) in [5.74, 6) is 0.194. The zero-order valence-electron chi connectivity index (χ0n) is 22.8. The van der Waals surface area contributed by atoms with Crippen LogP contribution in [0.15, 0.2) is 0 Å². The molecular weight excluding hydrogens is 408 g/mol. The number of unbranched alkanes of at least 4 members (excludes halogenated alkanes) is 19. The number of hydrogen-bond acceptors (Lipinski definition) is 3. The van der Waals surface area contributed by atoms with Crippen molar-refractivity contribution in [1.29, 1.82) is 0 Å². The van der Waals surface area contributed by atoms with Gasteiger partial charge >= 0.3 is 11.9 Å². The van der Waals surface area contributed by atoms with Crippen molar-refractivity contribution >= 4 is 11.9 Å². The lowest BCUT2D eigenvalue weighted by atomic mass is 10.0. The summed E-state index contributed by atoms with van der Waals surface area (Å²) < 4.78 is 4.96. The Hall–Kier alpha value is -0.860. The van der Waals surface area contributed by atoms with E-state index in [0.29, 0.717) is 12.8 Å². The van der Waals surface area contributed by atoms with Gasteiger partial charge in [-0.1, -0.05) is 149 Å². The Balaban J connectivity index is 3.29. The number of rotatable bonds is 25. The van der Waals surface area contributed by atoms with Crippen LogP contribution in [0, 0.1) is 5.92 Å². The predicted octanol–water partition coefficient (Wildman–Crippen LogP) is 10.1. The molecule has 3 nitrogen and oxygen atoms in total. The normalized spacial score (nSPS) is 11.3. The van der Waals surface area contributed by atoms with Gasteiger partial charge in [-0.2, -0.15) is 0 Å². The zero-order chi connectivity index (χ0) is 24.4. The number of carbonyl (C=O) groups excluding carboxylic acids is 2. The van der Waals surface area contributed by atoms with Crippen LogP contribution in [0.1, 0.15) is 175 Å². The van der Waals surface area contributed by atoms with Gasteiger partial charge in [0.05, 0.1) is 0 Å². The van der Waals surface area contributed by atoms with Crippen LogP contribution in [0.4, 0.5) is 0 Å². The first-order valence-electron chi connectivity index (χ1n) is 14.8. The minimum Gasteiger partial charge on any atom is -0.393 e. The van der Waals surface area contributed by atoms with E-state index in [-0.39, 0.29) is 11.9 Å². The largest absolute Gasteiger partial charge is 0.393 e. The Labute approximate surface area is 207 Å². The van der Waals surface area contributed by atoms with Crippen LogP contribution in [-0.4, -0.2) is 11.9 Å². The van der Waals surface area contributed by atoms with Crippen molar-refractivity contribution < 1.29 is 14.3 Å². The van der Waals surface area contributed by atoms with Crippen LogP contribution in [0.25, 0.3) is 0 Å². The van der Waals surface area contributed by atoms with Gasteiger partial charge in [-0.3, -0.25) is 9.59 Å². The molecule has 0 N–H and O–H groups in total. The standard InChI is InChI=1S/C30H58O3/c1-4-5-6-7-8-13-17-20-23-26-29(31)33-30(32)27-24-21-18-15-12-10-9-11-14-16-19-22-25-28(2)3/h28H,4-27H2,1-3H3. The zero-order valence-corrected chi connectivity index (χ0v) is 22.8. The van der Waals surface area contributed by atoms with Crippen molar-refractivity contribution in [2.45, 2.75) is 175 Å². The topological polar surface area (TPSA) is 43.4 Å². The fourth-order valence-electron chi connectivity index (χ4n) is 4.40. The molecule has 3 heteroatoms. The lowest BCUT2D eigenvalue weighted by Crippen LogP contribution is -2.11. The molecule has 0 bridgehead atoms. The van der Waals surface area contributed by atoms with Gasteiger partial charge in [-0.15, -0.1) is 0 Å². The molecule has 196 valence electrons. The highest BCUT2D eigenvalue weighted by Gasteiger charge is 2.09. The van der Waals surface area contributed by atoms with E-state index in [0.717, 1.165) is 31.6 Å². The summed E-state index contributed by atoms with van der Waals surface area (Å²) in [6, 6.07) is 0. The molecule has 0 radical (unpaired) electrons. The molecule has 0 aromatic rings. The molecule has 0 aliphatic carbocycles. The fourth-order valence-corrected chi connectivity index (χ4v) is 4.40. The molecule has 0 spiro atoms. The van der Waals surface area contributed by atoms with Gasteiger partial charge in [0.25, 0.3) is 0 Å². The molecule has 33 heavy (non-hydrogen) atoms. The average molecular weight is 467 g/mol. The van der Waals surface area contributed by atoms with Crippen molar-refractivity contribution in [1.82, 2.24) is 0 Å². The maximum Gasteiger partial charge on any atom is 0.313 e. The van der Waals surface area contributed by atoms with E-state index in [2.05, 4.69) is 20.8 Å². The molecule has 0 unspecified atom stereocenters. The Morgan fingerprint density at radius 2 is 0.788 bits per heavy atom. The quantitative estimate of drug-likeness (QED) is 0.0763. The molecule has 0 saturated carbocycles. The number of ether oxygens (including phenoxy) is 1. The summed E-state index contributed by atoms with van der Waals surface area (Å²) in [5.41, 5.74) is 0. The van der Waals surface area contributed by atoms with Crippen LogP contribution in [0.5, 0.6) is 0 Å². The van der Waals surface area contributed by atoms with E-state index in [1.165, 1.54) is 116 Å². The highest BCUT2D eigenvalue weighted by Crippen LogP contribution is 2.15. The van der Waals surface area contributed by atoms with Crippen molar-refractivity contribution in [3.8, 4) is 0 Å². The van der Waals surface area contributed by atoms with Crippen molar-refractivity contribution in [3.05, 3.63) is 0 Å². The summed E-state index contributed by atoms with van der Waals surface area (Å²) in [6.07, 6.45) is 28.6. The van der Waals surface area contributed by atoms with Gasteiger partial charge in [0.2, 0.25) is 0 Å². The van der Waals surface area contributed by atoms with Gasteiger partial charge in [0, 0.05) is 12.8 Å². The predicted molar refractivity (Wildman–Crippen MR) is 142 cm³/mol. The maximum atomic E-state index is 11.8. The first-order chi connectivity index (χ1) is 16.1. The van der Waals surface area contributed by atoms with E-state index in [4.69, 9.17) is 4.74 Å². The summed E-state index contributed by atoms with van der Waals surface area (Å²) >= 11 is 0. The molecule has 0 rings (SSSR count). The molecule has 0 saturated heterocycles. The van der Waals surface area contributed by atoms with Crippen molar-refractivity contribution in [2.75, 3.05) is 0 Å². The first kappa shape index (κ1) is 32.1. The molecule has 0 aromatic carbocycles. The average Bonchev–Trinajstić information content (AvgIpc) is 2.78. The Bertz CT molecular complexity index is 430. The Morgan fingerprint density at radius 1 is 0.485 bits per heavy atom. The van der Waals surface area contributed by atoms with Gasteiger partial charge in [0.1, 0.15) is 0 Å². The van der Waals surface area contributed by atoms with E-state index < -0.39 is 0 Å². The van der Waals surface area contributed by atoms with Gasteiger partial charge in [0.15, 0.2) is 0 Å². The summed E-state index contributed by atoms with van der Waals surface area (Å²) in [5, 5.41) is 0. The summed E-state index contributed by atoms with van der Waals surface area (Å²) in [6.45, 7) is 6.86. The second-order valence-corrected chi connectivity index (χ2v) is 10.6. The molecule has 0 atom stereocenters. The van der Waals surface area contributed by atoms with E-state index in [1.807, 2.05) is 0 Å². The molecule has 0 aliphatic heterocycles. The maximum absolute atomic E-state index is 11.8. The van der Waals surface area contributed by atoms with Gasteiger partial charge in [-0.05, 0) is 18.8 Å². The third-order valence-electron chi connectivity index (χ3n) is 6.62. The molecule has 0 amide bonds. The monoisotopic (exact) mass is 466 g/mol. The number of carbonyl (C=O) groups is 2. The number of esters is 2. The first-order valence-corrected chi connectivity index (χ1v) is 14.8. The lowest BCUT2D eigenvalue weighted by molar-refractivity contribution is -0.159. The van der Waals surface area contributed by atoms with Crippen LogP contribution >= 0.6 is 0 Å². The SMILES string of the molecule is CCCCCCCCCCCC(=O)OC(=O)CCCCCCCCCCCCCCC(C)C. The second kappa shape index (κ2) is 25.8. The van der Waals surface area contributed by atoms with Crippen LogP contribution in [0.2, 0.25) is 0 Å². The van der Waals surface area contributed by atoms with E-state index >= 15 is 0 Å². The minimum atomic E-state index is -0.331. The van der Waals surface area contributed by atoms with Crippen molar-refractivity contribution in [3.63, 3.8) is 0 Å². The third-order valence-corrected chi connectivity index (χ3v) is 6.62. The lowest BCUT2D eigenvalue weighted by Gasteiger charge is -2.05. The van der Waals surface area contributed by atoms with E-state index in [1.54, 1.807) is 0 Å². The van der Waals surface area contributed by atoms with Crippen LogP contribution in [-0.2, 0) is 14.3 Å². The van der Waals surface area contributed by atoms with Gasteiger partial charge < -0.3 is 4.74 Å². The number of hydrogen-bond donors (Lipinski definition) is 0. The van der Waals surface area contributed by atoms with Crippen LogP contribution in [0.3, 0.4) is 0 Å². The van der Waals surface area contributed by atoms with E-state index in [9.17, 15) is 9.59 Å². The summed E-state index contributed by atoms with van der Waals surface area (Å²) in [7, 11) is 0. The second-order valence-electron chi connectivity index (χ2n) is 10.6.